The van der Waals surface area contributed by atoms with Crippen LogP contribution in [0.1, 0.15) is 0 Å². The molecule has 0 saturated carbocycles. The lowest BCUT2D eigenvalue weighted by atomic mass is 10.3. The van der Waals surface area contributed by atoms with Crippen LogP contribution in [0.5, 0.6) is 5.75 Å². The van der Waals surface area contributed by atoms with Crippen LogP contribution in [-0.2, 0) is 20.0 Å². The van der Waals surface area contributed by atoms with Crippen LogP contribution in [0.3, 0.4) is 0 Å². The molecule has 0 amide bonds. The first-order valence-electron chi connectivity index (χ1n) is 8.35. The molecule has 30 heavy (non-hydrogen) atoms. The SMILES string of the molecule is COc1cccc(NS(=O)(=O)c2ccc(NS(=O)(=O)c3cc(Cl)cc(Cl)c3)cc2)c1. The highest BCUT2D eigenvalue weighted by atomic mass is 35.5. The second-order valence-electron chi connectivity index (χ2n) is 6.07. The lowest BCUT2D eigenvalue weighted by molar-refractivity contribution is 0.415. The number of hydrogen-bond donors (Lipinski definition) is 2. The second-order valence-corrected chi connectivity index (χ2v) is 10.3. The third-order valence-electron chi connectivity index (χ3n) is 3.89. The quantitative estimate of drug-likeness (QED) is 0.507. The molecule has 0 atom stereocenters. The van der Waals surface area contributed by atoms with Gasteiger partial charge in [-0.2, -0.15) is 0 Å². The van der Waals surface area contributed by atoms with E-state index in [9.17, 15) is 16.8 Å². The average Bonchev–Trinajstić information content (AvgIpc) is 2.67. The molecule has 158 valence electrons. The molecular weight excluding hydrogens is 471 g/mol. The standard InChI is InChI=1S/C19H16Cl2N2O5S2/c1-28-17-4-2-3-16(12-17)23-29(24,25)18-7-5-15(6-8-18)22-30(26,27)19-10-13(20)9-14(21)11-19/h2-12,22-23H,1H3. The van der Waals surface area contributed by atoms with Gasteiger partial charge in [0, 0.05) is 21.8 Å². The summed E-state index contributed by atoms with van der Waals surface area (Å²) in [5.41, 5.74) is 0.503. The van der Waals surface area contributed by atoms with Gasteiger partial charge in [-0.15, -0.1) is 0 Å². The summed E-state index contributed by atoms with van der Waals surface area (Å²) in [6, 6.07) is 15.6. The molecule has 3 aromatic carbocycles. The maximum absolute atomic E-state index is 12.6. The predicted octanol–water partition coefficient (Wildman–Crippen LogP) is 4.60. The summed E-state index contributed by atoms with van der Waals surface area (Å²) >= 11 is 11.7. The lowest BCUT2D eigenvalue weighted by Crippen LogP contribution is -2.14. The number of sulfonamides is 2. The Morgan fingerprint density at radius 2 is 1.27 bits per heavy atom. The number of benzene rings is 3. The number of nitrogens with one attached hydrogen (secondary N) is 2. The first-order valence-corrected chi connectivity index (χ1v) is 12.1. The zero-order valence-electron chi connectivity index (χ0n) is 15.5. The average molecular weight is 487 g/mol. The van der Waals surface area contributed by atoms with Crippen molar-refractivity contribution in [3.63, 3.8) is 0 Å². The van der Waals surface area contributed by atoms with Crippen LogP contribution in [0.25, 0.3) is 0 Å². The summed E-state index contributed by atoms with van der Waals surface area (Å²) in [6.45, 7) is 0. The summed E-state index contributed by atoms with van der Waals surface area (Å²) in [7, 11) is -6.36. The van der Waals surface area contributed by atoms with Crippen molar-refractivity contribution in [3.8, 4) is 5.75 Å². The fourth-order valence-corrected chi connectivity index (χ4v) is 5.33. The molecule has 0 fully saturated rings. The molecule has 0 aliphatic carbocycles. The van der Waals surface area contributed by atoms with E-state index < -0.39 is 20.0 Å². The molecule has 0 bridgehead atoms. The number of rotatable bonds is 7. The maximum Gasteiger partial charge on any atom is 0.261 e. The molecule has 0 aliphatic rings. The van der Waals surface area contributed by atoms with Crippen LogP contribution in [0.4, 0.5) is 11.4 Å². The first kappa shape index (κ1) is 22.2. The minimum atomic E-state index is -3.96. The number of halogens is 2. The highest BCUT2D eigenvalue weighted by molar-refractivity contribution is 7.93. The molecule has 0 heterocycles. The summed E-state index contributed by atoms with van der Waals surface area (Å²) in [4.78, 5) is -0.157. The zero-order valence-corrected chi connectivity index (χ0v) is 18.6. The monoisotopic (exact) mass is 486 g/mol. The van der Waals surface area contributed by atoms with Gasteiger partial charge in [-0.25, -0.2) is 16.8 Å². The molecule has 0 unspecified atom stereocenters. The Morgan fingerprint density at radius 3 is 1.87 bits per heavy atom. The van der Waals surface area contributed by atoms with E-state index in [1.165, 1.54) is 55.6 Å². The molecule has 0 spiro atoms. The van der Waals surface area contributed by atoms with Crippen molar-refractivity contribution in [2.24, 2.45) is 0 Å². The van der Waals surface area contributed by atoms with Crippen LogP contribution in [0.2, 0.25) is 10.0 Å². The summed E-state index contributed by atoms with van der Waals surface area (Å²) in [5.74, 6) is 0.501. The minimum absolute atomic E-state index is 0.0425. The van der Waals surface area contributed by atoms with Gasteiger partial charge in [0.05, 0.1) is 22.6 Å². The van der Waals surface area contributed by atoms with Crippen molar-refractivity contribution in [3.05, 3.63) is 76.8 Å². The van der Waals surface area contributed by atoms with Crippen LogP contribution in [0, 0.1) is 0 Å². The van der Waals surface area contributed by atoms with Crippen molar-refractivity contribution in [2.75, 3.05) is 16.6 Å². The third kappa shape index (κ3) is 5.37. The number of ether oxygens (including phenoxy) is 1. The van der Waals surface area contributed by atoms with Crippen molar-refractivity contribution in [1.29, 1.82) is 0 Å². The molecule has 0 saturated heterocycles. The van der Waals surface area contributed by atoms with Crippen molar-refractivity contribution in [2.45, 2.75) is 9.79 Å². The van der Waals surface area contributed by atoms with Crippen LogP contribution in [-0.4, -0.2) is 23.9 Å². The minimum Gasteiger partial charge on any atom is -0.497 e. The van der Waals surface area contributed by atoms with Crippen LogP contribution < -0.4 is 14.2 Å². The molecule has 3 aromatic rings. The summed E-state index contributed by atoms with van der Waals surface area (Å²) < 4.78 is 60.1. The van der Waals surface area contributed by atoms with E-state index in [1.54, 1.807) is 18.2 Å². The molecule has 3 rings (SSSR count). The van der Waals surface area contributed by atoms with Crippen molar-refractivity contribution >= 4 is 54.6 Å². The van der Waals surface area contributed by atoms with E-state index in [-0.39, 0.29) is 25.5 Å². The Labute approximate surface area is 184 Å². The largest absolute Gasteiger partial charge is 0.497 e. The Bertz CT molecular complexity index is 1260. The van der Waals surface area contributed by atoms with E-state index in [0.717, 1.165) is 0 Å². The first-order chi connectivity index (χ1) is 14.1. The Morgan fingerprint density at radius 1 is 0.700 bits per heavy atom. The van der Waals surface area contributed by atoms with Gasteiger partial charge in [0.2, 0.25) is 0 Å². The topological polar surface area (TPSA) is 102 Å². The maximum atomic E-state index is 12.6. The summed E-state index contributed by atoms with van der Waals surface area (Å²) in [5, 5.41) is 0.348. The van der Waals surface area contributed by atoms with Gasteiger partial charge in [0.25, 0.3) is 20.0 Å². The van der Waals surface area contributed by atoms with Gasteiger partial charge >= 0.3 is 0 Å². The van der Waals surface area contributed by atoms with Gasteiger partial charge in [0.15, 0.2) is 0 Å². The molecule has 7 nitrogen and oxygen atoms in total. The smallest absolute Gasteiger partial charge is 0.261 e. The highest BCUT2D eigenvalue weighted by Crippen LogP contribution is 2.25. The van der Waals surface area contributed by atoms with E-state index in [4.69, 9.17) is 27.9 Å². The summed E-state index contributed by atoms with van der Waals surface area (Å²) in [6.07, 6.45) is 0. The number of hydrogen-bond acceptors (Lipinski definition) is 5. The molecule has 0 aromatic heterocycles. The van der Waals surface area contributed by atoms with E-state index in [0.29, 0.717) is 11.4 Å². The molecule has 0 aliphatic heterocycles. The Kier molecular flexibility index (Phi) is 6.47. The van der Waals surface area contributed by atoms with E-state index in [1.807, 2.05) is 0 Å². The van der Waals surface area contributed by atoms with E-state index in [2.05, 4.69) is 9.44 Å². The van der Waals surface area contributed by atoms with Gasteiger partial charge in [-0.05, 0) is 54.6 Å². The van der Waals surface area contributed by atoms with Gasteiger partial charge in [-0.3, -0.25) is 9.44 Å². The second kappa shape index (κ2) is 8.73. The predicted molar refractivity (Wildman–Crippen MR) is 118 cm³/mol. The van der Waals surface area contributed by atoms with Crippen LogP contribution >= 0.6 is 23.2 Å². The Balaban J connectivity index is 1.80. The van der Waals surface area contributed by atoms with Crippen molar-refractivity contribution in [1.82, 2.24) is 0 Å². The fraction of sp³-hybridized carbons (Fsp3) is 0.0526. The van der Waals surface area contributed by atoms with Gasteiger partial charge in [0.1, 0.15) is 5.75 Å². The highest BCUT2D eigenvalue weighted by Gasteiger charge is 2.18. The molecule has 11 heteroatoms. The van der Waals surface area contributed by atoms with Crippen LogP contribution in [0.15, 0.2) is 76.5 Å². The number of anilines is 2. The zero-order chi connectivity index (χ0) is 21.9. The molecule has 2 N–H and O–H groups in total. The van der Waals surface area contributed by atoms with Gasteiger partial charge in [-0.1, -0.05) is 29.3 Å². The molecule has 0 radical (unpaired) electrons. The van der Waals surface area contributed by atoms with Gasteiger partial charge < -0.3 is 4.74 Å². The molecular formula is C19H16Cl2N2O5S2. The number of methoxy groups -OCH3 is 1. The Hall–Kier alpha value is -2.46. The lowest BCUT2D eigenvalue weighted by Gasteiger charge is -2.11. The van der Waals surface area contributed by atoms with Crippen molar-refractivity contribution < 1.29 is 21.6 Å². The fourth-order valence-electron chi connectivity index (χ4n) is 2.50. The normalized spacial score (nSPS) is 11.7. The van der Waals surface area contributed by atoms with E-state index >= 15 is 0 Å². The third-order valence-corrected chi connectivity index (χ3v) is 7.08.